The third-order valence-corrected chi connectivity index (χ3v) is 11.6. The molecule has 2 aromatic rings. The highest BCUT2D eigenvalue weighted by molar-refractivity contribution is 6.74. The van der Waals surface area contributed by atoms with Gasteiger partial charge in [0.1, 0.15) is 5.75 Å². The van der Waals surface area contributed by atoms with Crippen molar-refractivity contribution in [3.63, 3.8) is 0 Å². The van der Waals surface area contributed by atoms with Gasteiger partial charge in [0.05, 0.1) is 19.3 Å². The van der Waals surface area contributed by atoms with Gasteiger partial charge in [-0.15, -0.1) is 0 Å². The van der Waals surface area contributed by atoms with Crippen LogP contribution in [0.5, 0.6) is 5.75 Å². The number of amides is 1. The van der Waals surface area contributed by atoms with Gasteiger partial charge in [0.15, 0.2) is 8.32 Å². The lowest BCUT2D eigenvalue weighted by Crippen LogP contribution is -2.46. The minimum Gasteiger partial charge on any atom is -0.497 e. The third kappa shape index (κ3) is 6.15. The van der Waals surface area contributed by atoms with Gasteiger partial charge in [-0.25, -0.2) is 0 Å². The van der Waals surface area contributed by atoms with E-state index >= 15 is 0 Å². The maximum atomic E-state index is 13.6. The molecular weight excluding hydrogens is 426 g/mol. The molecule has 2 aromatic carbocycles. The lowest BCUT2D eigenvalue weighted by atomic mass is 9.93. The number of rotatable bonds is 6. The van der Waals surface area contributed by atoms with Crippen molar-refractivity contribution < 1.29 is 14.0 Å². The second-order valence-electron chi connectivity index (χ2n) is 10.6. The first-order chi connectivity index (χ1) is 15.5. The quantitative estimate of drug-likeness (QED) is 0.350. The fraction of sp³-hybridized carbons (Fsp3) is 0.464. The third-order valence-electron chi connectivity index (χ3n) is 7.09. The number of ether oxygens (including phenoxy) is 1. The van der Waals surface area contributed by atoms with Crippen LogP contribution < -0.4 is 4.74 Å². The standard InChI is InChI=1S/C28H39NO3Si/c1-21-19-27(30)29(20-22-11-9-8-10-12-22)25(23-13-15-24(31-5)16-14-23)17-18-26(21)32-33(6,7)28(2,3)4/h8-18,21,25-26H,19-20H2,1-7H3/b18-17-/t21-,25+,26+/m1/s1. The summed E-state index contributed by atoms with van der Waals surface area (Å²) in [7, 11) is -0.312. The topological polar surface area (TPSA) is 38.8 Å². The zero-order chi connectivity index (χ0) is 24.2. The Labute approximate surface area is 200 Å². The van der Waals surface area contributed by atoms with Gasteiger partial charge in [0.2, 0.25) is 5.91 Å². The Balaban J connectivity index is 1.99. The van der Waals surface area contributed by atoms with Gasteiger partial charge in [-0.05, 0) is 47.3 Å². The molecule has 1 amide bonds. The smallest absolute Gasteiger partial charge is 0.224 e. The normalized spacial score (nSPS) is 23.1. The lowest BCUT2D eigenvalue weighted by Gasteiger charge is -2.41. The maximum absolute atomic E-state index is 13.6. The van der Waals surface area contributed by atoms with Crippen LogP contribution in [-0.4, -0.2) is 32.3 Å². The first kappa shape index (κ1) is 25.3. The molecule has 0 aromatic heterocycles. The Morgan fingerprint density at radius 2 is 1.64 bits per heavy atom. The zero-order valence-electron chi connectivity index (χ0n) is 21.2. The molecule has 0 saturated heterocycles. The molecule has 3 atom stereocenters. The van der Waals surface area contributed by atoms with Crippen LogP contribution in [0, 0.1) is 5.92 Å². The van der Waals surface area contributed by atoms with Crippen molar-refractivity contribution in [1.29, 1.82) is 0 Å². The van der Waals surface area contributed by atoms with E-state index in [1.165, 1.54) is 0 Å². The van der Waals surface area contributed by atoms with E-state index in [1.807, 2.05) is 47.4 Å². The molecule has 1 aliphatic rings. The summed E-state index contributed by atoms with van der Waals surface area (Å²) in [5.41, 5.74) is 2.19. The molecule has 0 spiro atoms. The molecule has 0 radical (unpaired) electrons. The SMILES string of the molecule is COc1ccc([C@@H]2/C=C\[C@H](O[Si](C)(C)C(C)(C)C)[C@H](C)CC(=O)N2Cc2ccccc2)cc1. The van der Waals surface area contributed by atoms with E-state index in [4.69, 9.17) is 9.16 Å². The molecule has 5 heteroatoms. The average molecular weight is 466 g/mol. The minimum absolute atomic E-state index is 0.0746. The summed E-state index contributed by atoms with van der Waals surface area (Å²) in [6.07, 6.45) is 4.75. The largest absolute Gasteiger partial charge is 0.497 e. The average Bonchev–Trinajstić information content (AvgIpc) is 2.77. The van der Waals surface area contributed by atoms with Crippen molar-refractivity contribution in [3.8, 4) is 5.75 Å². The highest BCUT2D eigenvalue weighted by Crippen LogP contribution is 2.39. The van der Waals surface area contributed by atoms with Crippen LogP contribution in [0.1, 0.15) is 51.3 Å². The lowest BCUT2D eigenvalue weighted by molar-refractivity contribution is -0.135. The van der Waals surface area contributed by atoms with Crippen LogP contribution in [0.4, 0.5) is 0 Å². The fourth-order valence-corrected chi connectivity index (χ4v) is 5.25. The minimum atomic E-state index is -1.98. The summed E-state index contributed by atoms with van der Waals surface area (Å²) in [6.45, 7) is 14.0. The highest BCUT2D eigenvalue weighted by atomic mass is 28.4. The second kappa shape index (κ2) is 10.3. The van der Waals surface area contributed by atoms with Crippen molar-refractivity contribution in [3.05, 3.63) is 77.9 Å². The van der Waals surface area contributed by atoms with Gasteiger partial charge < -0.3 is 14.1 Å². The van der Waals surface area contributed by atoms with Crippen molar-refractivity contribution in [2.45, 2.75) is 70.9 Å². The molecule has 0 N–H and O–H groups in total. The predicted molar refractivity (Wildman–Crippen MR) is 138 cm³/mol. The van der Waals surface area contributed by atoms with Crippen LogP contribution in [0.2, 0.25) is 18.1 Å². The number of benzene rings is 2. The molecular formula is C28H39NO3Si. The van der Waals surface area contributed by atoms with E-state index in [-0.39, 0.29) is 29.0 Å². The molecule has 1 heterocycles. The zero-order valence-corrected chi connectivity index (χ0v) is 22.2. The Kier molecular flexibility index (Phi) is 7.86. The van der Waals surface area contributed by atoms with E-state index in [0.717, 1.165) is 16.9 Å². The van der Waals surface area contributed by atoms with Gasteiger partial charge in [-0.3, -0.25) is 4.79 Å². The van der Waals surface area contributed by atoms with E-state index in [0.29, 0.717) is 13.0 Å². The Morgan fingerprint density at radius 1 is 1.00 bits per heavy atom. The summed E-state index contributed by atoms with van der Waals surface area (Å²) in [6, 6.07) is 18.1. The first-order valence-electron chi connectivity index (χ1n) is 11.9. The number of nitrogens with zero attached hydrogens (tertiary/aromatic N) is 1. The molecule has 4 nitrogen and oxygen atoms in total. The van der Waals surface area contributed by atoms with Crippen LogP contribution in [-0.2, 0) is 15.8 Å². The molecule has 33 heavy (non-hydrogen) atoms. The summed E-state index contributed by atoms with van der Waals surface area (Å²) in [5.74, 6) is 1.07. The van der Waals surface area contributed by atoms with Gasteiger partial charge in [0, 0.05) is 13.0 Å². The van der Waals surface area contributed by atoms with Gasteiger partial charge >= 0.3 is 0 Å². The summed E-state index contributed by atoms with van der Waals surface area (Å²) >= 11 is 0. The van der Waals surface area contributed by atoms with E-state index in [9.17, 15) is 4.79 Å². The van der Waals surface area contributed by atoms with Crippen LogP contribution >= 0.6 is 0 Å². The fourth-order valence-electron chi connectivity index (χ4n) is 3.90. The Morgan fingerprint density at radius 3 is 2.21 bits per heavy atom. The van der Waals surface area contributed by atoms with E-state index < -0.39 is 8.32 Å². The number of carbonyl (C=O) groups is 1. The molecule has 0 bridgehead atoms. The molecule has 1 aliphatic heterocycles. The van der Waals surface area contributed by atoms with E-state index in [2.05, 4.69) is 65.1 Å². The number of hydrogen-bond acceptors (Lipinski definition) is 3. The highest BCUT2D eigenvalue weighted by Gasteiger charge is 2.40. The Bertz CT molecular complexity index is 947. The number of methoxy groups -OCH3 is 1. The molecule has 0 fully saturated rings. The summed E-state index contributed by atoms with van der Waals surface area (Å²) < 4.78 is 12.1. The monoisotopic (exact) mass is 465 g/mol. The second-order valence-corrected chi connectivity index (χ2v) is 15.4. The van der Waals surface area contributed by atoms with Gasteiger partial charge in [-0.2, -0.15) is 0 Å². The molecule has 0 saturated carbocycles. The van der Waals surface area contributed by atoms with Crippen molar-refractivity contribution >= 4 is 14.2 Å². The van der Waals surface area contributed by atoms with Crippen molar-refractivity contribution in [2.75, 3.05) is 7.11 Å². The van der Waals surface area contributed by atoms with Crippen LogP contribution in [0.3, 0.4) is 0 Å². The van der Waals surface area contributed by atoms with Crippen molar-refractivity contribution in [2.24, 2.45) is 5.92 Å². The summed E-state index contributed by atoms with van der Waals surface area (Å²) in [4.78, 5) is 15.6. The molecule has 3 rings (SSSR count). The van der Waals surface area contributed by atoms with Crippen molar-refractivity contribution in [1.82, 2.24) is 4.90 Å². The van der Waals surface area contributed by atoms with Crippen LogP contribution in [0.15, 0.2) is 66.7 Å². The van der Waals surface area contributed by atoms with Gasteiger partial charge in [-0.1, -0.05) is 82.3 Å². The van der Waals surface area contributed by atoms with E-state index in [1.54, 1.807) is 7.11 Å². The number of hydrogen-bond donors (Lipinski definition) is 0. The molecule has 0 aliphatic carbocycles. The molecule has 178 valence electrons. The first-order valence-corrected chi connectivity index (χ1v) is 14.8. The predicted octanol–water partition coefficient (Wildman–Crippen LogP) is 6.75. The number of carbonyl (C=O) groups excluding carboxylic acids is 1. The summed E-state index contributed by atoms with van der Waals surface area (Å²) in [5, 5.41) is 0.113. The molecule has 0 unspecified atom stereocenters. The maximum Gasteiger partial charge on any atom is 0.224 e. The van der Waals surface area contributed by atoms with Crippen LogP contribution in [0.25, 0.3) is 0 Å². The Hall–Kier alpha value is -2.37. The van der Waals surface area contributed by atoms with Gasteiger partial charge in [0.25, 0.3) is 0 Å².